The van der Waals surface area contributed by atoms with E-state index in [2.05, 4.69) is 5.32 Å². The Balaban J connectivity index is 1.99. The Morgan fingerprint density at radius 2 is 1.86 bits per heavy atom. The Morgan fingerprint density at radius 1 is 1.14 bits per heavy atom. The van der Waals surface area contributed by atoms with Gasteiger partial charge in [0, 0.05) is 11.6 Å². The van der Waals surface area contributed by atoms with E-state index >= 15 is 0 Å². The Bertz CT molecular complexity index is 627. The van der Waals surface area contributed by atoms with Gasteiger partial charge in [0.05, 0.1) is 17.2 Å². The first kappa shape index (κ1) is 15.7. The molecule has 110 valence electrons. The van der Waals surface area contributed by atoms with Crippen LogP contribution in [0.3, 0.4) is 0 Å². The average Bonchev–Trinajstić information content (AvgIpc) is 2.49. The van der Waals surface area contributed by atoms with Gasteiger partial charge < -0.3 is 10.1 Å². The number of amides is 1. The van der Waals surface area contributed by atoms with Crippen LogP contribution in [0.5, 0.6) is 5.75 Å². The number of hydrogen-bond acceptors (Lipinski definition) is 2. The zero-order valence-corrected chi connectivity index (χ0v) is 13.0. The fourth-order valence-electron chi connectivity index (χ4n) is 1.82. The third-order valence-corrected chi connectivity index (χ3v) is 3.43. The van der Waals surface area contributed by atoms with E-state index in [1.54, 1.807) is 18.2 Å². The highest BCUT2D eigenvalue weighted by atomic mass is 35.5. The molecule has 0 atom stereocenters. The van der Waals surface area contributed by atoms with Crippen LogP contribution in [0, 0.1) is 0 Å². The molecule has 5 heteroatoms. The number of ether oxygens (including phenoxy) is 1. The second kappa shape index (κ2) is 7.34. The molecule has 0 spiro atoms. The van der Waals surface area contributed by atoms with Crippen molar-refractivity contribution in [2.24, 2.45) is 0 Å². The van der Waals surface area contributed by atoms with E-state index < -0.39 is 0 Å². The van der Waals surface area contributed by atoms with Crippen molar-refractivity contribution >= 4 is 29.1 Å². The van der Waals surface area contributed by atoms with Crippen LogP contribution >= 0.6 is 23.2 Å². The predicted molar refractivity (Wildman–Crippen MR) is 85.2 cm³/mol. The quantitative estimate of drug-likeness (QED) is 0.889. The minimum atomic E-state index is -0.253. The highest BCUT2D eigenvalue weighted by Crippen LogP contribution is 2.20. The third kappa shape index (κ3) is 4.38. The van der Waals surface area contributed by atoms with E-state index in [4.69, 9.17) is 27.9 Å². The number of nitrogens with one attached hydrogen (secondary N) is 1. The van der Waals surface area contributed by atoms with Crippen LogP contribution in [-0.2, 0) is 6.54 Å². The smallest absolute Gasteiger partial charge is 0.253 e. The van der Waals surface area contributed by atoms with Gasteiger partial charge in [0.2, 0.25) is 0 Å². The monoisotopic (exact) mass is 323 g/mol. The second-order valence-electron chi connectivity index (χ2n) is 4.38. The predicted octanol–water partition coefficient (Wildman–Crippen LogP) is 4.32. The molecule has 0 bridgehead atoms. The molecule has 0 aromatic heterocycles. The topological polar surface area (TPSA) is 38.3 Å². The summed E-state index contributed by atoms with van der Waals surface area (Å²) in [5.74, 6) is 0.557. The summed E-state index contributed by atoms with van der Waals surface area (Å²) < 4.78 is 5.37. The summed E-state index contributed by atoms with van der Waals surface area (Å²) in [4.78, 5) is 12.1. The number of rotatable bonds is 5. The largest absolute Gasteiger partial charge is 0.494 e. The van der Waals surface area contributed by atoms with Gasteiger partial charge in [-0.25, -0.2) is 0 Å². The van der Waals surface area contributed by atoms with Crippen LogP contribution in [0.15, 0.2) is 42.5 Å². The third-order valence-electron chi connectivity index (χ3n) is 2.86. The first-order valence-corrected chi connectivity index (χ1v) is 7.30. The fraction of sp³-hybridized carbons (Fsp3) is 0.188. The molecule has 0 aliphatic carbocycles. The summed E-state index contributed by atoms with van der Waals surface area (Å²) in [5, 5.41) is 3.67. The van der Waals surface area contributed by atoms with Gasteiger partial charge in [0.15, 0.2) is 0 Å². The average molecular weight is 324 g/mol. The molecule has 0 saturated carbocycles. The zero-order chi connectivity index (χ0) is 15.2. The molecule has 2 rings (SSSR count). The van der Waals surface area contributed by atoms with Crippen molar-refractivity contribution in [3.05, 3.63) is 63.6 Å². The van der Waals surface area contributed by atoms with Crippen molar-refractivity contribution in [1.82, 2.24) is 5.32 Å². The van der Waals surface area contributed by atoms with Gasteiger partial charge in [-0.1, -0.05) is 35.3 Å². The van der Waals surface area contributed by atoms with E-state index in [0.29, 0.717) is 28.8 Å². The van der Waals surface area contributed by atoms with Crippen LogP contribution in [0.25, 0.3) is 0 Å². The number of benzene rings is 2. The Morgan fingerprint density at radius 3 is 2.52 bits per heavy atom. The Labute approximate surface area is 133 Å². The van der Waals surface area contributed by atoms with Gasteiger partial charge in [-0.3, -0.25) is 4.79 Å². The summed E-state index contributed by atoms with van der Waals surface area (Å²) in [6, 6.07) is 12.4. The van der Waals surface area contributed by atoms with E-state index in [0.717, 1.165) is 11.3 Å². The summed E-state index contributed by atoms with van der Waals surface area (Å²) in [7, 11) is 0. The van der Waals surface area contributed by atoms with Crippen LogP contribution in [0.2, 0.25) is 10.0 Å². The maximum absolute atomic E-state index is 12.1. The van der Waals surface area contributed by atoms with Gasteiger partial charge in [0.1, 0.15) is 5.75 Å². The van der Waals surface area contributed by atoms with Gasteiger partial charge in [-0.15, -0.1) is 0 Å². The van der Waals surface area contributed by atoms with Crippen molar-refractivity contribution in [2.45, 2.75) is 13.5 Å². The lowest BCUT2D eigenvalue weighted by molar-refractivity contribution is 0.0951. The number of carbonyl (C=O) groups excluding carboxylic acids is 1. The van der Waals surface area contributed by atoms with Gasteiger partial charge in [-0.2, -0.15) is 0 Å². The lowest BCUT2D eigenvalue weighted by Crippen LogP contribution is -2.23. The van der Waals surface area contributed by atoms with E-state index in [1.165, 1.54) is 0 Å². The molecule has 3 nitrogen and oxygen atoms in total. The molecule has 0 aliphatic heterocycles. The van der Waals surface area contributed by atoms with E-state index in [1.807, 2.05) is 31.2 Å². The lowest BCUT2D eigenvalue weighted by atomic mass is 10.2. The molecule has 0 unspecified atom stereocenters. The zero-order valence-electron chi connectivity index (χ0n) is 11.5. The number of hydrogen-bond donors (Lipinski definition) is 1. The van der Waals surface area contributed by atoms with Crippen LogP contribution in [0.4, 0.5) is 0 Å². The van der Waals surface area contributed by atoms with E-state index in [-0.39, 0.29) is 5.91 Å². The van der Waals surface area contributed by atoms with Gasteiger partial charge in [-0.05, 0) is 42.8 Å². The van der Waals surface area contributed by atoms with Crippen molar-refractivity contribution in [1.29, 1.82) is 0 Å². The van der Waals surface area contributed by atoms with Crippen molar-refractivity contribution in [2.75, 3.05) is 6.61 Å². The molecular weight excluding hydrogens is 309 g/mol. The molecule has 0 saturated heterocycles. The summed E-state index contributed by atoms with van der Waals surface area (Å²) >= 11 is 11.9. The standard InChI is InChI=1S/C16H15Cl2NO2/c1-2-21-13-6-3-11(4-7-13)10-19-16(20)14-9-12(17)5-8-15(14)18/h3-9H,2,10H2,1H3,(H,19,20). The van der Waals surface area contributed by atoms with E-state index in [9.17, 15) is 4.79 Å². The number of carbonyl (C=O) groups is 1. The molecule has 0 radical (unpaired) electrons. The molecule has 2 aromatic carbocycles. The SMILES string of the molecule is CCOc1ccc(CNC(=O)c2cc(Cl)ccc2Cl)cc1. The maximum atomic E-state index is 12.1. The van der Waals surface area contributed by atoms with Crippen LogP contribution in [0.1, 0.15) is 22.8 Å². The molecule has 2 aromatic rings. The highest BCUT2D eigenvalue weighted by molar-refractivity contribution is 6.35. The summed E-state index contributed by atoms with van der Waals surface area (Å²) in [6.07, 6.45) is 0. The first-order chi connectivity index (χ1) is 10.1. The summed E-state index contributed by atoms with van der Waals surface area (Å²) in [6.45, 7) is 2.97. The number of halogens is 2. The van der Waals surface area contributed by atoms with Gasteiger partial charge in [0.25, 0.3) is 5.91 Å². The Hall–Kier alpha value is -1.71. The minimum absolute atomic E-state index is 0.253. The van der Waals surface area contributed by atoms with Crippen molar-refractivity contribution < 1.29 is 9.53 Å². The molecule has 21 heavy (non-hydrogen) atoms. The van der Waals surface area contributed by atoms with Crippen molar-refractivity contribution in [3.8, 4) is 5.75 Å². The van der Waals surface area contributed by atoms with Crippen molar-refractivity contribution in [3.63, 3.8) is 0 Å². The molecule has 0 fully saturated rings. The van der Waals surface area contributed by atoms with Crippen LogP contribution < -0.4 is 10.1 Å². The normalized spacial score (nSPS) is 10.2. The molecule has 1 N–H and O–H groups in total. The van der Waals surface area contributed by atoms with Crippen LogP contribution in [-0.4, -0.2) is 12.5 Å². The maximum Gasteiger partial charge on any atom is 0.253 e. The molecule has 0 heterocycles. The molecular formula is C16H15Cl2NO2. The highest BCUT2D eigenvalue weighted by Gasteiger charge is 2.10. The second-order valence-corrected chi connectivity index (χ2v) is 5.23. The minimum Gasteiger partial charge on any atom is -0.494 e. The fourth-order valence-corrected chi connectivity index (χ4v) is 2.19. The Kier molecular flexibility index (Phi) is 5.48. The molecule has 1 amide bonds. The molecule has 0 aliphatic rings. The summed E-state index contributed by atoms with van der Waals surface area (Å²) in [5.41, 5.74) is 1.35. The first-order valence-electron chi connectivity index (χ1n) is 6.55. The lowest BCUT2D eigenvalue weighted by Gasteiger charge is -2.08. The van der Waals surface area contributed by atoms with Gasteiger partial charge >= 0.3 is 0 Å².